The van der Waals surface area contributed by atoms with Gasteiger partial charge in [0.2, 0.25) is 5.91 Å². The summed E-state index contributed by atoms with van der Waals surface area (Å²) in [6.45, 7) is 6.16. The van der Waals surface area contributed by atoms with Crippen molar-refractivity contribution >= 4 is 24.0 Å². The fourth-order valence-corrected chi connectivity index (χ4v) is 2.92. The molecule has 0 unspecified atom stereocenters. The standard InChI is InChI=1S/C19H29N3O2.ClH/c1-15(2)12-17(20)13-19(23)22-10-8-18(9-11-22)21-24-14-16-6-4-3-5-7-16;/h3-7,15,17H,8-14,20H2,1-2H3;1H/t17-;/m0./s1. The minimum Gasteiger partial charge on any atom is -0.391 e. The molecular formula is C19H30ClN3O2. The molecule has 2 rings (SSSR count). The lowest BCUT2D eigenvalue weighted by Crippen LogP contribution is -2.41. The Balaban J connectivity index is 0.00000312. The van der Waals surface area contributed by atoms with Gasteiger partial charge in [-0.2, -0.15) is 0 Å². The number of oxime groups is 1. The van der Waals surface area contributed by atoms with Crippen molar-refractivity contribution in [3.63, 3.8) is 0 Å². The molecule has 0 aromatic heterocycles. The molecule has 25 heavy (non-hydrogen) atoms. The minimum absolute atomic E-state index is 0. The van der Waals surface area contributed by atoms with Gasteiger partial charge in [-0.25, -0.2) is 0 Å². The maximum atomic E-state index is 12.3. The van der Waals surface area contributed by atoms with E-state index in [0.717, 1.165) is 30.5 Å². The van der Waals surface area contributed by atoms with Crippen molar-refractivity contribution in [3.05, 3.63) is 35.9 Å². The van der Waals surface area contributed by atoms with Crippen molar-refractivity contribution in [2.75, 3.05) is 13.1 Å². The first-order chi connectivity index (χ1) is 11.5. The molecule has 2 N–H and O–H groups in total. The molecule has 0 spiro atoms. The van der Waals surface area contributed by atoms with E-state index in [1.54, 1.807) is 0 Å². The number of benzene rings is 1. The summed E-state index contributed by atoms with van der Waals surface area (Å²) < 4.78 is 0. The lowest BCUT2D eigenvalue weighted by molar-refractivity contribution is -0.131. The molecule has 6 heteroatoms. The van der Waals surface area contributed by atoms with Crippen LogP contribution in [0.4, 0.5) is 0 Å². The molecule has 1 amide bonds. The van der Waals surface area contributed by atoms with Crippen molar-refractivity contribution in [1.29, 1.82) is 0 Å². The average molecular weight is 368 g/mol. The molecule has 1 aromatic rings. The van der Waals surface area contributed by atoms with Crippen LogP contribution in [0, 0.1) is 5.92 Å². The van der Waals surface area contributed by atoms with Crippen LogP contribution in [0.3, 0.4) is 0 Å². The van der Waals surface area contributed by atoms with Gasteiger partial charge in [0.1, 0.15) is 6.61 Å². The van der Waals surface area contributed by atoms with E-state index in [1.165, 1.54) is 0 Å². The molecule has 0 aliphatic carbocycles. The van der Waals surface area contributed by atoms with E-state index >= 15 is 0 Å². The first-order valence-corrected chi connectivity index (χ1v) is 8.79. The Morgan fingerprint density at radius 1 is 1.24 bits per heavy atom. The lowest BCUT2D eigenvalue weighted by atomic mass is 10.0. The summed E-state index contributed by atoms with van der Waals surface area (Å²) >= 11 is 0. The average Bonchev–Trinajstić information content (AvgIpc) is 2.55. The summed E-state index contributed by atoms with van der Waals surface area (Å²) in [6.07, 6.45) is 2.88. The summed E-state index contributed by atoms with van der Waals surface area (Å²) in [5.74, 6) is 0.682. The predicted octanol–water partition coefficient (Wildman–Crippen LogP) is 3.37. The molecule has 1 aliphatic rings. The highest BCUT2D eigenvalue weighted by atomic mass is 35.5. The third kappa shape index (κ3) is 7.88. The normalized spacial score (nSPS) is 15.5. The topological polar surface area (TPSA) is 67.9 Å². The third-order valence-corrected chi connectivity index (χ3v) is 4.17. The van der Waals surface area contributed by atoms with Gasteiger partial charge in [0.25, 0.3) is 0 Å². The van der Waals surface area contributed by atoms with E-state index < -0.39 is 0 Å². The van der Waals surface area contributed by atoms with E-state index in [1.807, 2.05) is 35.2 Å². The number of halogens is 1. The number of amides is 1. The highest BCUT2D eigenvalue weighted by molar-refractivity contribution is 5.87. The molecule has 1 aromatic carbocycles. The third-order valence-electron chi connectivity index (χ3n) is 4.17. The molecule has 0 bridgehead atoms. The minimum atomic E-state index is -0.0400. The number of likely N-dealkylation sites (tertiary alicyclic amines) is 1. The highest BCUT2D eigenvalue weighted by Crippen LogP contribution is 2.13. The predicted molar refractivity (Wildman–Crippen MR) is 104 cm³/mol. The van der Waals surface area contributed by atoms with E-state index in [9.17, 15) is 4.79 Å². The maximum absolute atomic E-state index is 12.3. The van der Waals surface area contributed by atoms with Gasteiger partial charge in [0.05, 0.1) is 5.71 Å². The van der Waals surface area contributed by atoms with Crippen molar-refractivity contribution in [3.8, 4) is 0 Å². The van der Waals surface area contributed by atoms with Gasteiger partial charge in [0.15, 0.2) is 0 Å². The first kappa shape index (κ1) is 21.5. The van der Waals surface area contributed by atoms with Crippen molar-refractivity contribution < 1.29 is 9.63 Å². The zero-order chi connectivity index (χ0) is 17.4. The SMILES string of the molecule is CC(C)C[C@H](N)CC(=O)N1CCC(=NOCc2ccccc2)CC1.Cl. The van der Waals surface area contributed by atoms with Crippen LogP contribution in [-0.2, 0) is 16.2 Å². The Hall–Kier alpha value is -1.59. The first-order valence-electron chi connectivity index (χ1n) is 8.79. The maximum Gasteiger partial charge on any atom is 0.224 e. The van der Waals surface area contributed by atoms with Crippen molar-refractivity contribution in [2.45, 2.75) is 52.2 Å². The molecule has 1 heterocycles. The number of carbonyl (C=O) groups excluding carboxylic acids is 1. The van der Waals surface area contributed by atoms with Gasteiger partial charge in [-0.05, 0) is 17.9 Å². The molecule has 0 radical (unpaired) electrons. The Morgan fingerprint density at radius 2 is 1.88 bits per heavy atom. The Bertz CT molecular complexity index is 539. The molecule has 1 saturated heterocycles. The van der Waals surface area contributed by atoms with E-state index in [0.29, 0.717) is 32.0 Å². The second kappa shape index (κ2) is 11.1. The zero-order valence-corrected chi connectivity index (χ0v) is 16.0. The summed E-state index contributed by atoms with van der Waals surface area (Å²) in [6, 6.07) is 9.94. The highest BCUT2D eigenvalue weighted by Gasteiger charge is 2.22. The molecule has 140 valence electrons. The Labute approximate surface area is 157 Å². The second-order valence-electron chi connectivity index (χ2n) is 6.89. The van der Waals surface area contributed by atoms with Crippen LogP contribution >= 0.6 is 12.4 Å². The number of nitrogens with two attached hydrogens (primary N) is 1. The number of rotatable bonds is 7. The van der Waals surface area contributed by atoms with Gasteiger partial charge in [-0.1, -0.05) is 49.3 Å². The fraction of sp³-hybridized carbons (Fsp3) is 0.579. The largest absolute Gasteiger partial charge is 0.391 e. The number of piperidine rings is 1. The number of hydrogen-bond donors (Lipinski definition) is 1. The van der Waals surface area contributed by atoms with Crippen LogP contribution in [0.2, 0.25) is 0 Å². The van der Waals surface area contributed by atoms with Crippen molar-refractivity contribution in [2.24, 2.45) is 16.8 Å². The summed E-state index contributed by atoms with van der Waals surface area (Å²) in [5.41, 5.74) is 8.17. The van der Waals surface area contributed by atoms with Crippen LogP contribution in [0.25, 0.3) is 0 Å². The fourth-order valence-electron chi connectivity index (χ4n) is 2.92. The van der Waals surface area contributed by atoms with Gasteiger partial charge in [0, 0.05) is 38.4 Å². The molecule has 5 nitrogen and oxygen atoms in total. The van der Waals surface area contributed by atoms with Gasteiger partial charge < -0.3 is 15.5 Å². The Morgan fingerprint density at radius 3 is 2.48 bits per heavy atom. The summed E-state index contributed by atoms with van der Waals surface area (Å²) in [7, 11) is 0. The molecule has 1 atom stereocenters. The number of nitrogens with zero attached hydrogens (tertiary/aromatic N) is 2. The van der Waals surface area contributed by atoms with Gasteiger partial charge in [-0.15, -0.1) is 12.4 Å². The van der Waals surface area contributed by atoms with Gasteiger partial charge >= 0.3 is 0 Å². The Kier molecular flexibility index (Phi) is 9.53. The van der Waals surface area contributed by atoms with Crippen LogP contribution in [0.1, 0.15) is 45.1 Å². The van der Waals surface area contributed by atoms with Crippen LogP contribution in [0.15, 0.2) is 35.5 Å². The second-order valence-corrected chi connectivity index (χ2v) is 6.89. The van der Waals surface area contributed by atoms with E-state index in [4.69, 9.17) is 10.6 Å². The van der Waals surface area contributed by atoms with Crippen LogP contribution < -0.4 is 5.73 Å². The lowest BCUT2D eigenvalue weighted by Gasteiger charge is -2.28. The monoisotopic (exact) mass is 367 g/mol. The van der Waals surface area contributed by atoms with E-state index in [2.05, 4.69) is 19.0 Å². The molecule has 1 aliphatic heterocycles. The van der Waals surface area contributed by atoms with Crippen molar-refractivity contribution in [1.82, 2.24) is 4.90 Å². The quantitative estimate of drug-likeness (QED) is 0.751. The van der Waals surface area contributed by atoms with Crippen LogP contribution in [0.5, 0.6) is 0 Å². The zero-order valence-electron chi connectivity index (χ0n) is 15.2. The smallest absolute Gasteiger partial charge is 0.224 e. The summed E-state index contributed by atoms with van der Waals surface area (Å²) in [4.78, 5) is 19.6. The molecule has 1 fully saturated rings. The summed E-state index contributed by atoms with van der Waals surface area (Å²) in [5, 5.41) is 4.23. The molecule has 0 saturated carbocycles. The van der Waals surface area contributed by atoms with E-state index in [-0.39, 0.29) is 24.4 Å². The van der Waals surface area contributed by atoms with Gasteiger partial charge in [-0.3, -0.25) is 4.79 Å². The number of carbonyl (C=O) groups is 1. The van der Waals surface area contributed by atoms with Crippen LogP contribution in [-0.4, -0.2) is 35.7 Å². The molecular weight excluding hydrogens is 338 g/mol. The number of hydrogen-bond acceptors (Lipinski definition) is 4.